The second-order valence-corrected chi connectivity index (χ2v) is 7.50. The molecule has 2 aliphatic rings. The van der Waals surface area contributed by atoms with Gasteiger partial charge in [-0.15, -0.1) is 5.10 Å². The largest absolute Gasteiger partial charge is 0.495 e. The van der Waals surface area contributed by atoms with E-state index in [2.05, 4.69) is 61.7 Å². The van der Waals surface area contributed by atoms with E-state index in [9.17, 15) is 0 Å². The summed E-state index contributed by atoms with van der Waals surface area (Å²) in [6.07, 6.45) is 2.41. The molecule has 6 heteroatoms. The molecule has 2 fully saturated rings. The van der Waals surface area contributed by atoms with E-state index in [1.54, 1.807) is 0 Å². The molecule has 1 aromatic heterocycles. The number of aryl methyl sites for hydroxylation is 1. The molecule has 2 aromatic rings. The minimum Gasteiger partial charge on any atom is -0.399 e. The Kier molecular flexibility index (Phi) is 2.80. The first-order valence-corrected chi connectivity index (χ1v) is 8.00. The van der Waals surface area contributed by atoms with Gasteiger partial charge in [0, 0.05) is 0 Å². The lowest BCUT2D eigenvalue weighted by Gasteiger charge is -2.32. The van der Waals surface area contributed by atoms with E-state index in [0.717, 1.165) is 22.1 Å². The molecule has 0 N–H and O–H groups in total. The second kappa shape index (κ2) is 4.33. The second-order valence-electron chi connectivity index (χ2n) is 7.50. The van der Waals surface area contributed by atoms with Crippen molar-refractivity contribution in [3.05, 3.63) is 17.7 Å². The maximum absolute atomic E-state index is 6.17. The molecule has 1 aliphatic heterocycles. The average Bonchev–Trinajstić information content (AvgIpc) is 3.12. The molecular formula is C16H22BN3O2. The average molecular weight is 299 g/mol. The van der Waals surface area contributed by atoms with Gasteiger partial charge in [0.25, 0.3) is 0 Å². The van der Waals surface area contributed by atoms with Crippen LogP contribution in [0.25, 0.3) is 11.0 Å². The molecule has 4 rings (SSSR count). The summed E-state index contributed by atoms with van der Waals surface area (Å²) in [7, 11) is -0.347. The number of rotatable bonds is 2. The van der Waals surface area contributed by atoms with Crippen LogP contribution in [0.4, 0.5) is 0 Å². The number of hydrogen-bond acceptors (Lipinski definition) is 4. The molecule has 0 bridgehead atoms. The van der Waals surface area contributed by atoms with Gasteiger partial charge >= 0.3 is 7.12 Å². The Hall–Kier alpha value is -1.40. The van der Waals surface area contributed by atoms with Gasteiger partial charge in [-0.2, -0.15) is 0 Å². The van der Waals surface area contributed by atoms with Gasteiger partial charge in [-0.05, 0) is 64.6 Å². The van der Waals surface area contributed by atoms with Gasteiger partial charge in [-0.25, -0.2) is 4.68 Å². The summed E-state index contributed by atoms with van der Waals surface area (Å²) < 4.78 is 14.4. The third kappa shape index (κ3) is 1.93. The number of benzene rings is 1. The molecule has 0 radical (unpaired) electrons. The first-order valence-electron chi connectivity index (χ1n) is 8.00. The first-order chi connectivity index (χ1) is 10.3. The Morgan fingerprint density at radius 1 is 1.14 bits per heavy atom. The van der Waals surface area contributed by atoms with Gasteiger partial charge in [-0.3, -0.25) is 0 Å². The molecule has 0 unspecified atom stereocenters. The summed E-state index contributed by atoms with van der Waals surface area (Å²) in [6, 6.07) is 4.73. The molecule has 5 nitrogen and oxygen atoms in total. The lowest BCUT2D eigenvalue weighted by atomic mass is 9.76. The number of aromatic nitrogens is 3. The lowest BCUT2D eigenvalue weighted by Crippen LogP contribution is -2.41. The summed E-state index contributed by atoms with van der Waals surface area (Å²) >= 11 is 0. The maximum Gasteiger partial charge on any atom is 0.495 e. The zero-order valence-electron chi connectivity index (χ0n) is 13.9. The van der Waals surface area contributed by atoms with Gasteiger partial charge in [-0.1, -0.05) is 11.3 Å². The van der Waals surface area contributed by atoms with E-state index >= 15 is 0 Å². The molecule has 22 heavy (non-hydrogen) atoms. The van der Waals surface area contributed by atoms with Gasteiger partial charge in [0.2, 0.25) is 0 Å². The summed E-state index contributed by atoms with van der Waals surface area (Å²) in [4.78, 5) is 0. The van der Waals surface area contributed by atoms with Gasteiger partial charge < -0.3 is 9.31 Å². The Balaban J connectivity index is 1.76. The maximum atomic E-state index is 6.17. The topological polar surface area (TPSA) is 49.2 Å². The van der Waals surface area contributed by atoms with Crippen LogP contribution in [-0.2, 0) is 9.31 Å². The Bertz CT molecular complexity index is 733. The highest BCUT2D eigenvalue weighted by Gasteiger charge is 2.52. The quantitative estimate of drug-likeness (QED) is 0.799. The fraction of sp³-hybridized carbons (Fsp3) is 0.625. The normalized spacial score (nSPS) is 23.4. The van der Waals surface area contributed by atoms with Crippen LogP contribution in [0.5, 0.6) is 0 Å². The summed E-state index contributed by atoms with van der Waals surface area (Å²) in [5.74, 6) is 0. The fourth-order valence-corrected chi connectivity index (χ4v) is 2.97. The van der Waals surface area contributed by atoms with Crippen molar-refractivity contribution < 1.29 is 9.31 Å². The predicted octanol–water partition coefficient (Wildman–Crippen LogP) is 2.37. The molecule has 116 valence electrons. The Morgan fingerprint density at radius 3 is 2.36 bits per heavy atom. The lowest BCUT2D eigenvalue weighted by molar-refractivity contribution is 0.00578. The van der Waals surface area contributed by atoms with Crippen LogP contribution in [0.15, 0.2) is 12.1 Å². The van der Waals surface area contributed by atoms with Crippen LogP contribution in [0, 0.1) is 6.92 Å². The van der Waals surface area contributed by atoms with Crippen LogP contribution in [0.1, 0.15) is 52.1 Å². The monoisotopic (exact) mass is 299 g/mol. The van der Waals surface area contributed by atoms with Crippen molar-refractivity contribution >= 4 is 23.6 Å². The fourth-order valence-electron chi connectivity index (χ4n) is 2.97. The third-order valence-electron chi connectivity index (χ3n) is 5.34. The van der Waals surface area contributed by atoms with Crippen LogP contribution < -0.4 is 5.46 Å². The smallest absolute Gasteiger partial charge is 0.399 e. The van der Waals surface area contributed by atoms with E-state index in [1.807, 2.05) is 0 Å². The molecule has 0 amide bonds. The highest BCUT2D eigenvalue weighted by molar-refractivity contribution is 6.63. The SMILES string of the molecule is Cc1c(B2OC(C)(C)C(C)(C)O2)ccc2c1nnn2C1CC1. The van der Waals surface area contributed by atoms with Crippen molar-refractivity contribution in [1.29, 1.82) is 0 Å². The molecule has 1 saturated heterocycles. The summed E-state index contributed by atoms with van der Waals surface area (Å²) in [6.45, 7) is 10.4. The standard InChI is InChI=1S/C16H22BN3O2/c1-10-12(17-21-15(2,3)16(4,5)22-17)8-9-13-14(10)18-19-20(13)11-6-7-11/h8-9,11H,6-7H2,1-5H3. The Morgan fingerprint density at radius 2 is 1.77 bits per heavy atom. The molecular weight excluding hydrogens is 277 g/mol. The molecule has 1 saturated carbocycles. The van der Waals surface area contributed by atoms with Gasteiger partial charge in [0.05, 0.1) is 22.8 Å². The first kappa shape index (κ1) is 14.2. The number of nitrogens with zero attached hydrogens (tertiary/aromatic N) is 3. The van der Waals surface area contributed by atoms with Crippen molar-refractivity contribution in [3.63, 3.8) is 0 Å². The van der Waals surface area contributed by atoms with E-state index in [-0.39, 0.29) is 18.3 Å². The third-order valence-corrected chi connectivity index (χ3v) is 5.34. The highest BCUT2D eigenvalue weighted by Crippen LogP contribution is 2.38. The van der Waals surface area contributed by atoms with E-state index < -0.39 is 0 Å². The Labute approximate surface area is 131 Å². The predicted molar refractivity (Wildman–Crippen MR) is 86.3 cm³/mol. The minimum atomic E-state index is -0.347. The van der Waals surface area contributed by atoms with E-state index in [1.165, 1.54) is 12.8 Å². The zero-order chi connectivity index (χ0) is 15.7. The molecule has 2 heterocycles. The molecule has 0 atom stereocenters. The summed E-state index contributed by atoms with van der Waals surface area (Å²) in [5, 5.41) is 8.71. The van der Waals surface area contributed by atoms with Crippen LogP contribution in [0.3, 0.4) is 0 Å². The van der Waals surface area contributed by atoms with Crippen molar-refractivity contribution in [2.24, 2.45) is 0 Å². The van der Waals surface area contributed by atoms with Crippen LogP contribution in [0.2, 0.25) is 0 Å². The van der Waals surface area contributed by atoms with Gasteiger partial charge in [0.1, 0.15) is 5.52 Å². The zero-order valence-corrected chi connectivity index (χ0v) is 13.9. The van der Waals surface area contributed by atoms with Crippen molar-refractivity contribution in [1.82, 2.24) is 15.0 Å². The van der Waals surface area contributed by atoms with Gasteiger partial charge in [0.15, 0.2) is 0 Å². The van der Waals surface area contributed by atoms with E-state index in [0.29, 0.717) is 6.04 Å². The molecule has 1 aliphatic carbocycles. The number of fused-ring (bicyclic) bond motifs is 1. The van der Waals surface area contributed by atoms with Crippen molar-refractivity contribution in [3.8, 4) is 0 Å². The van der Waals surface area contributed by atoms with Crippen molar-refractivity contribution in [2.75, 3.05) is 0 Å². The van der Waals surface area contributed by atoms with Crippen LogP contribution >= 0.6 is 0 Å². The molecule has 1 aromatic carbocycles. The van der Waals surface area contributed by atoms with Crippen molar-refractivity contribution in [2.45, 2.75) is 64.7 Å². The number of hydrogen-bond donors (Lipinski definition) is 0. The van der Waals surface area contributed by atoms with E-state index in [4.69, 9.17) is 9.31 Å². The van der Waals surface area contributed by atoms with Crippen LogP contribution in [-0.4, -0.2) is 33.3 Å². The highest BCUT2D eigenvalue weighted by atomic mass is 16.7. The molecule has 0 spiro atoms. The minimum absolute atomic E-state index is 0.329. The summed E-state index contributed by atoms with van der Waals surface area (Å²) in [5.41, 5.74) is 3.56.